The number of rotatable bonds is 6. The Morgan fingerprint density at radius 2 is 2.08 bits per heavy atom. The second kappa shape index (κ2) is 5.90. The number of aliphatic hydroxyl groups is 1. The van der Waals surface area contributed by atoms with Gasteiger partial charge in [-0.25, -0.2) is 5.43 Å². The van der Waals surface area contributed by atoms with Gasteiger partial charge >= 0.3 is 5.97 Å². The van der Waals surface area contributed by atoms with Crippen molar-refractivity contribution in [3.8, 4) is 0 Å². The molecule has 0 unspecified atom stereocenters. The minimum atomic E-state index is -1.03. The lowest BCUT2D eigenvalue weighted by Gasteiger charge is -2.12. The van der Waals surface area contributed by atoms with Crippen LogP contribution in [-0.2, 0) is 4.79 Å². The number of carbonyl (C=O) groups is 1. The Hall–Kier alpha value is -0.690. The molecule has 0 aromatic heterocycles. The van der Waals surface area contributed by atoms with E-state index in [9.17, 15) is 4.79 Å². The van der Waals surface area contributed by atoms with Crippen LogP contribution in [0.4, 0.5) is 0 Å². The van der Waals surface area contributed by atoms with Gasteiger partial charge in [0.2, 0.25) is 0 Å². The molecule has 0 bridgehead atoms. The van der Waals surface area contributed by atoms with Crippen molar-refractivity contribution < 1.29 is 15.0 Å². The molecule has 72 valence electrons. The quantitative estimate of drug-likeness (QED) is 0.236. The zero-order valence-electron chi connectivity index (χ0n) is 6.73. The number of nitrogens with two attached hydrogens (primary N) is 2. The van der Waals surface area contributed by atoms with E-state index < -0.39 is 18.1 Å². The highest BCUT2D eigenvalue weighted by Gasteiger charge is 2.16. The van der Waals surface area contributed by atoms with Gasteiger partial charge in [-0.05, 0) is 12.8 Å². The summed E-state index contributed by atoms with van der Waals surface area (Å²) in [6, 6.07) is -0.814. The van der Waals surface area contributed by atoms with E-state index in [0.29, 0.717) is 6.42 Å². The fourth-order valence-corrected chi connectivity index (χ4v) is 0.755. The average molecular weight is 177 g/mol. The van der Waals surface area contributed by atoms with Gasteiger partial charge in [0.1, 0.15) is 6.04 Å². The van der Waals surface area contributed by atoms with E-state index >= 15 is 0 Å². The Morgan fingerprint density at radius 1 is 1.50 bits per heavy atom. The van der Waals surface area contributed by atoms with Crippen molar-refractivity contribution in [2.24, 2.45) is 11.6 Å². The van der Waals surface area contributed by atoms with Crippen LogP contribution < -0.4 is 17.0 Å². The van der Waals surface area contributed by atoms with Gasteiger partial charge < -0.3 is 15.9 Å². The lowest BCUT2D eigenvalue weighted by atomic mass is 10.1. The Balaban J connectivity index is 3.65. The molecule has 0 aliphatic heterocycles. The summed E-state index contributed by atoms with van der Waals surface area (Å²) in [4.78, 5) is 10.4. The van der Waals surface area contributed by atoms with E-state index in [-0.39, 0.29) is 13.0 Å². The molecule has 0 saturated heterocycles. The van der Waals surface area contributed by atoms with E-state index in [1.165, 1.54) is 0 Å². The number of nitrogens with one attached hydrogen (secondary N) is 1. The van der Waals surface area contributed by atoms with Crippen molar-refractivity contribution in [1.29, 1.82) is 0 Å². The fourth-order valence-electron chi connectivity index (χ4n) is 0.755. The molecular weight excluding hydrogens is 162 g/mol. The van der Waals surface area contributed by atoms with Crippen LogP contribution in [0.25, 0.3) is 0 Å². The second-order valence-corrected chi connectivity index (χ2v) is 2.52. The lowest BCUT2D eigenvalue weighted by molar-refractivity contribution is -0.139. The zero-order valence-corrected chi connectivity index (χ0v) is 6.73. The highest BCUT2D eigenvalue weighted by molar-refractivity contribution is 5.73. The van der Waals surface area contributed by atoms with Crippen LogP contribution in [0.15, 0.2) is 0 Å². The van der Waals surface area contributed by atoms with Gasteiger partial charge in [0.15, 0.2) is 0 Å². The van der Waals surface area contributed by atoms with Crippen LogP contribution in [0.3, 0.4) is 0 Å². The van der Waals surface area contributed by atoms with Gasteiger partial charge in [0.25, 0.3) is 0 Å². The van der Waals surface area contributed by atoms with Crippen molar-refractivity contribution in [1.82, 2.24) is 5.43 Å². The van der Waals surface area contributed by atoms with E-state index in [2.05, 4.69) is 5.43 Å². The first-order valence-electron chi connectivity index (χ1n) is 3.68. The summed E-state index contributed by atoms with van der Waals surface area (Å²) < 4.78 is 0. The molecule has 0 fully saturated rings. The van der Waals surface area contributed by atoms with Crippen molar-refractivity contribution in [2.75, 3.05) is 6.54 Å². The van der Waals surface area contributed by atoms with Crippen molar-refractivity contribution in [3.63, 3.8) is 0 Å². The maximum absolute atomic E-state index is 10.4. The van der Waals surface area contributed by atoms with Crippen LogP contribution in [-0.4, -0.2) is 34.9 Å². The van der Waals surface area contributed by atoms with Crippen LogP contribution in [0.2, 0.25) is 0 Å². The monoisotopic (exact) mass is 177 g/mol. The zero-order chi connectivity index (χ0) is 9.56. The number of hydrogen-bond donors (Lipinski definition) is 5. The summed E-state index contributed by atoms with van der Waals surface area (Å²) in [5.41, 5.74) is 7.26. The fraction of sp³-hybridized carbons (Fsp3) is 0.833. The predicted molar refractivity (Wildman–Crippen MR) is 43.0 cm³/mol. The number of carboxylic acid groups (broad SMARTS) is 1. The number of carboxylic acids is 1. The highest BCUT2D eigenvalue weighted by atomic mass is 16.4. The number of hydrogen-bond acceptors (Lipinski definition) is 5. The summed E-state index contributed by atoms with van der Waals surface area (Å²) >= 11 is 0. The molecule has 7 N–H and O–H groups in total. The van der Waals surface area contributed by atoms with Gasteiger partial charge in [-0.1, -0.05) is 0 Å². The Morgan fingerprint density at radius 3 is 2.42 bits per heavy atom. The summed E-state index contributed by atoms with van der Waals surface area (Å²) in [5.74, 6) is 3.93. The molecule has 0 amide bonds. The maximum atomic E-state index is 10.4. The first kappa shape index (κ1) is 11.3. The lowest BCUT2D eigenvalue weighted by Crippen LogP contribution is -2.42. The van der Waals surface area contributed by atoms with Crippen molar-refractivity contribution >= 4 is 5.97 Å². The molecule has 0 aromatic carbocycles. The van der Waals surface area contributed by atoms with Gasteiger partial charge in [0, 0.05) is 6.54 Å². The molecule has 2 atom stereocenters. The van der Waals surface area contributed by atoms with Gasteiger partial charge in [-0.15, -0.1) is 0 Å². The van der Waals surface area contributed by atoms with Gasteiger partial charge in [-0.2, -0.15) is 0 Å². The third-order valence-electron chi connectivity index (χ3n) is 1.56. The summed E-state index contributed by atoms with van der Waals surface area (Å²) in [5, 5.41) is 17.5. The Labute approximate surface area is 70.5 Å². The first-order valence-corrected chi connectivity index (χ1v) is 3.68. The molecule has 0 radical (unpaired) electrons. The number of aliphatic hydroxyl groups excluding tert-OH is 1. The molecule has 0 aliphatic rings. The summed E-state index contributed by atoms with van der Waals surface area (Å²) in [6.45, 7) is 0.136. The molecule has 0 heterocycles. The number of hydrazine groups is 1. The minimum absolute atomic E-state index is 0.136. The smallest absolute Gasteiger partial charge is 0.322 e. The van der Waals surface area contributed by atoms with Crippen molar-refractivity contribution in [2.45, 2.75) is 25.0 Å². The predicted octanol–water partition coefficient (Wildman–Crippen LogP) is -2.00. The number of aliphatic carboxylic acids is 1. The maximum Gasteiger partial charge on any atom is 0.322 e. The van der Waals surface area contributed by atoms with Crippen molar-refractivity contribution in [3.05, 3.63) is 0 Å². The molecule has 12 heavy (non-hydrogen) atoms. The van der Waals surface area contributed by atoms with E-state index in [4.69, 9.17) is 21.8 Å². The molecule has 0 saturated carbocycles. The summed E-state index contributed by atoms with van der Waals surface area (Å²) in [7, 11) is 0. The minimum Gasteiger partial charge on any atom is -0.480 e. The van der Waals surface area contributed by atoms with Crippen LogP contribution in [0, 0.1) is 0 Å². The van der Waals surface area contributed by atoms with E-state index in [0.717, 1.165) is 0 Å². The normalized spacial score (nSPS) is 15.6. The molecular formula is C6H15N3O3. The van der Waals surface area contributed by atoms with Crippen LogP contribution >= 0.6 is 0 Å². The highest BCUT2D eigenvalue weighted by Crippen LogP contribution is 2.00. The van der Waals surface area contributed by atoms with E-state index in [1.807, 2.05) is 0 Å². The third-order valence-corrected chi connectivity index (χ3v) is 1.56. The summed E-state index contributed by atoms with van der Waals surface area (Å²) in [6.07, 6.45) is -0.0535. The van der Waals surface area contributed by atoms with Crippen LogP contribution in [0.1, 0.15) is 12.8 Å². The molecule has 0 aliphatic carbocycles. The molecule has 0 spiro atoms. The third kappa shape index (κ3) is 4.24. The Bertz CT molecular complexity index is 142. The van der Waals surface area contributed by atoms with Gasteiger partial charge in [-0.3, -0.25) is 10.6 Å². The van der Waals surface area contributed by atoms with Gasteiger partial charge in [0.05, 0.1) is 6.10 Å². The second-order valence-electron chi connectivity index (χ2n) is 2.52. The molecule has 6 heteroatoms. The SMILES string of the molecule is NC[C@H](O)CC[C@H](NN)C(=O)O. The topological polar surface area (TPSA) is 122 Å². The van der Waals surface area contributed by atoms with E-state index in [1.54, 1.807) is 0 Å². The Kier molecular flexibility index (Phi) is 5.56. The molecule has 6 nitrogen and oxygen atoms in total. The largest absolute Gasteiger partial charge is 0.480 e. The molecule has 0 rings (SSSR count). The van der Waals surface area contributed by atoms with Crippen LogP contribution in [0.5, 0.6) is 0 Å². The molecule has 0 aromatic rings. The first-order chi connectivity index (χ1) is 5.61. The average Bonchev–Trinajstić information content (AvgIpc) is 2.04. The standard InChI is InChI=1S/C6H15N3O3/c7-3-4(10)1-2-5(9-8)6(11)12/h4-5,9-10H,1-3,7-8H2,(H,11,12)/t4-,5+/m1/s1.